The summed E-state index contributed by atoms with van der Waals surface area (Å²) in [5.74, 6) is 1.25. The standard InChI is InChI=1S/C15H11N3O3S2/c19-15(14-13(17-18-23-14)12-2-1-5-22-12)16-7-9-3-4-10-11(6-9)21-8-20-10/h1-6H,7-8H2,(H,16,19). The highest BCUT2D eigenvalue weighted by molar-refractivity contribution is 7.14. The molecular weight excluding hydrogens is 334 g/mol. The molecule has 0 unspecified atom stereocenters. The van der Waals surface area contributed by atoms with Gasteiger partial charge < -0.3 is 14.8 Å². The third kappa shape index (κ3) is 2.78. The molecule has 116 valence electrons. The van der Waals surface area contributed by atoms with Crippen molar-refractivity contribution in [2.45, 2.75) is 6.54 Å². The summed E-state index contributed by atoms with van der Waals surface area (Å²) < 4.78 is 14.5. The summed E-state index contributed by atoms with van der Waals surface area (Å²) in [4.78, 5) is 13.9. The zero-order chi connectivity index (χ0) is 15.6. The molecule has 8 heteroatoms. The number of hydrogen-bond acceptors (Lipinski definition) is 7. The summed E-state index contributed by atoms with van der Waals surface area (Å²) in [5, 5.41) is 8.91. The van der Waals surface area contributed by atoms with Gasteiger partial charge in [0.05, 0.1) is 4.88 Å². The van der Waals surface area contributed by atoms with E-state index in [2.05, 4.69) is 14.9 Å². The van der Waals surface area contributed by atoms with Crippen molar-refractivity contribution in [3.63, 3.8) is 0 Å². The molecule has 0 radical (unpaired) electrons. The summed E-state index contributed by atoms with van der Waals surface area (Å²) in [7, 11) is 0. The molecule has 1 N–H and O–H groups in total. The van der Waals surface area contributed by atoms with Crippen molar-refractivity contribution in [3.8, 4) is 22.1 Å². The maximum absolute atomic E-state index is 12.4. The Hall–Kier alpha value is -2.45. The van der Waals surface area contributed by atoms with E-state index >= 15 is 0 Å². The SMILES string of the molecule is O=C(NCc1ccc2c(c1)OCO2)c1snnc1-c1cccs1. The minimum atomic E-state index is -0.180. The third-order valence-electron chi connectivity index (χ3n) is 3.34. The molecule has 0 atom stereocenters. The van der Waals surface area contributed by atoms with Crippen molar-refractivity contribution in [1.29, 1.82) is 0 Å². The number of nitrogens with one attached hydrogen (secondary N) is 1. The number of rotatable bonds is 4. The van der Waals surface area contributed by atoms with Crippen LogP contribution in [0.4, 0.5) is 0 Å². The highest BCUT2D eigenvalue weighted by Gasteiger charge is 2.19. The van der Waals surface area contributed by atoms with Crippen molar-refractivity contribution in [1.82, 2.24) is 14.9 Å². The molecule has 0 aliphatic carbocycles. The second-order valence-corrected chi connectivity index (χ2v) is 6.50. The fraction of sp³-hybridized carbons (Fsp3) is 0.133. The zero-order valence-corrected chi connectivity index (χ0v) is 13.4. The molecule has 0 bridgehead atoms. The quantitative estimate of drug-likeness (QED) is 0.787. The van der Waals surface area contributed by atoms with Gasteiger partial charge in [0, 0.05) is 6.54 Å². The molecule has 6 nitrogen and oxygen atoms in total. The number of hydrogen-bond donors (Lipinski definition) is 1. The Morgan fingerprint density at radius 1 is 1.26 bits per heavy atom. The Bertz CT molecular complexity index is 846. The molecule has 2 aromatic heterocycles. The highest BCUT2D eigenvalue weighted by atomic mass is 32.1. The molecular formula is C15H11N3O3S2. The molecule has 0 saturated carbocycles. The van der Waals surface area contributed by atoms with Crippen molar-refractivity contribution in [2.24, 2.45) is 0 Å². The number of benzene rings is 1. The molecule has 1 aliphatic rings. The van der Waals surface area contributed by atoms with Crippen molar-refractivity contribution < 1.29 is 14.3 Å². The van der Waals surface area contributed by atoms with E-state index in [0.29, 0.717) is 22.9 Å². The Labute approximate surface area is 139 Å². The maximum Gasteiger partial charge on any atom is 0.265 e. The van der Waals surface area contributed by atoms with Crippen LogP contribution in [0.2, 0.25) is 0 Å². The lowest BCUT2D eigenvalue weighted by Gasteiger charge is -2.05. The van der Waals surface area contributed by atoms with E-state index in [0.717, 1.165) is 27.7 Å². The summed E-state index contributed by atoms with van der Waals surface area (Å²) in [6.45, 7) is 0.638. The number of carbonyl (C=O) groups excluding carboxylic acids is 1. The first-order chi connectivity index (χ1) is 11.3. The van der Waals surface area contributed by atoms with Gasteiger partial charge in [0.25, 0.3) is 5.91 Å². The van der Waals surface area contributed by atoms with Gasteiger partial charge in [-0.2, -0.15) is 0 Å². The molecule has 3 heterocycles. The van der Waals surface area contributed by atoms with Crippen molar-refractivity contribution in [2.75, 3.05) is 6.79 Å². The molecule has 0 spiro atoms. The summed E-state index contributed by atoms with van der Waals surface area (Å²) in [6, 6.07) is 9.46. The normalized spacial score (nSPS) is 12.3. The predicted octanol–water partition coefficient (Wildman–Crippen LogP) is 2.93. The topological polar surface area (TPSA) is 73.3 Å². The van der Waals surface area contributed by atoms with Crippen LogP contribution in [-0.4, -0.2) is 22.3 Å². The van der Waals surface area contributed by atoms with Gasteiger partial charge in [-0.3, -0.25) is 4.79 Å². The predicted molar refractivity (Wildman–Crippen MR) is 87.0 cm³/mol. The largest absolute Gasteiger partial charge is 0.454 e. The van der Waals surface area contributed by atoms with Gasteiger partial charge in [-0.15, -0.1) is 16.4 Å². The van der Waals surface area contributed by atoms with Crippen molar-refractivity contribution in [3.05, 3.63) is 46.2 Å². The van der Waals surface area contributed by atoms with Crippen LogP contribution in [0.15, 0.2) is 35.7 Å². The monoisotopic (exact) mass is 345 g/mol. The van der Waals surface area contributed by atoms with E-state index < -0.39 is 0 Å². The average molecular weight is 345 g/mol. The van der Waals surface area contributed by atoms with Gasteiger partial charge in [0.2, 0.25) is 6.79 Å². The Morgan fingerprint density at radius 3 is 3.04 bits per heavy atom. The number of amides is 1. The second-order valence-electron chi connectivity index (χ2n) is 4.80. The first-order valence-corrected chi connectivity index (χ1v) is 8.49. The van der Waals surface area contributed by atoms with E-state index in [1.165, 1.54) is 11.3 Å². The number of aromatic nitrogens is 2. The number of carbonyl (C=O) groups is 1. The Morgan fingerprint density at radius 2 is 2.17 bits per heavy atom. The van der Waals surface area contributed by atoms with Crippen molar-refractivity contribution >= 4 is 28.8 Å². The first-order valence-electron chi connectivity index (χ1n) is 6.84. The average Bonchev–Trinajstić information content (AvgIpc) is 3.32. The fourth-order valence-electron chi connectivity index (χ4n) is 2.23. The van der Waals surface area contributed by atoms with Gasteiger partial charge in [0.15, 0.2) is 11.5 Å². The molecule has 3 aromatic rings. The molecule has 0 saturated heterocycles. The Balaban J connectivity index is 1.48. The van der Waals surface area contributed by atoms with Crippen LogP contribution in [0.1, 0.15) is 15.2 Å². The summed E-state index contributed by atoms with van der Waals surface area (Å²) in [5.41, 5.74) is 1.57. The van der Waals surface area contributed by atoms with Gasteiger partial charge in [-0.25, -0.2) is 0 Å². The van der Waals surface area contributed by atoms with E-state index in [4.69, 9.17) is 9.47 Å². The lowest BCUT2D eigenvalue weighted by molar-refractivity contribution is 0.0955. The van der Waals surface area contributed by atoms with Crippen LogP contribution < -0.4 is 14.8 Å². The lowest BCUT2D eigenvalue weighted by atomic mass is 10.2. The minimum Gasteiger partial charge on any atom is -0.454 e. The third-order valence-corrected chi connectivity index (χ3v) is 4.94. The van der Waals surface area contributed by atoms with E-state index in [1.807, 2.05) is 35.7 Å². The maximum atomic E-state index is 12.4. The van der Waals surface area contributed by atoms with Crippen LogP contribution in [0, 0.1) is 0 Å². The van der Waals surface area contributed by atoms with Crippen LogP contribution in [0.3, 0.4) is 0 Å². The van der Waals surface area contributed by atoms with Gasteiger partial charge >= 0.3 is 0 Å². The van der Waals surface area contributed by atoms with Gasteiger partial charge in [0.1, 0.15) is 10.6 Å². The van der Waals surface area contributed by atoms with Crippen LogP contribution in [-0.2, 0) is 6.54 Å². The lowest BCUT2D eigenvalue weighted by Crippen LogP contribution is -2.22. The molecule has 1 aromatic carbocycles. The zero-order valence-electron chi connectivity index (χ0n) is 11.8. The Kier molecular flexibility index (Phi) is 3.68. The number of fused-ring (bicyclic) bond motifs is 1. The number of ether oxygens (including phenoxy) is 2. The number of nitrogens with zero attached hydrogens (tertiary/aromatic N) is 2. The summed E-state index contributed by atoms with van der Waals surface area (Å²) in [6.07, 6.45) is 0. The molecule has 1 aliphatic heterocycles. The summed E-state index contributed by atoms with van der Waals surface area (Å²) >= 11 is 2.63. The van der Waals surface area contributed by atoms with Gasteiger partial charge in [-0.05, 0) is 40.7 Å². The first kappa shape index (κ1) is 14.2. The highest BCUT2D eigenvalue weighted by Crippen LogP contribution is 2.32. The van der Waals surface area contributed by atoms with E-state index in [1.54, 1.807) is 0 Å². The van der Waals surface area contributed by atoms with Crippen LogP contribution in [0.25, 0.3) is 10.6 Å². The molecule has 1 amide bonds. The van der Waals surface area contributed by atoms with E-state index in [-0.39, 0.29) is 12.7 Å². The van der Waals surface area contributed by atoms with E-state index in [9.17, 15) is 4.79 Å². The van der Waals surface area contributed by atoms with Gasteiger partial charge in [-0.1, -0.05) is 16.6 Å². The smallest absolute Gasteiger partial charge is 0.265 e. The van der Waals surface area contributed by atoms with Crippen LogP contribution >= 0.6 is 22.9 Å². The van der Waals surface area contributed by atoms with Crippen LogP contribution in [0.5, 0.6) is 11.5 Å². The molecule has 4 rings (SSSR count). The fourth-order valence-corrected chi connectivity index (χ4v) is 3.60. The number of thiophene rings is 1. The minimum absolute atomic E-state index is 0.180. The second kappa shape index (κ2) is 5.98. The molecule has 0 fully saturated rings. The molecule has 23 heavy (non-hydrogen) atoms.